The first kappa shape index (κ1) is 10.5. The number of nitrogens with two attached hydrogens (primary N) is 1. The summed E-state index contributed by atoms with van der Waals surface area (Å²) in [5.74, 6) is 0. The van der Waals surface area contributed by atoms with E-state index >= 15 is 0 Å². The Bertz CT molecular complexity index is 528. The fraction of sp³-hybridized carbons (Fsp3) is 0. The highest BCUT2D eigenvalue weighted by Gasteiger charge is 2.07. The molecule has 0 aliphatic heterocycles. The zero-order chi connectivity index (χ0) is 10.8. The van der Waals surface area contributed by atoms with Gasteiger partial charge < -0.3 is 5.73 Å². The quantitative estimate of drug-likeness (QED) is 0.499. The van der Waals surface area contributed by atoms with Gasteiger partial charge in [0.1, 0.15) is 10.3 Å². The standard InChI is InChI=1S/C7H6BrN5S2/c8-5-4(3-10-12-6(9)14)13-1-2-15-7(13)11-5/h1-3H,(H3,9,12,14)/b10-3+. The van der Waals surface area contributed by atoms with Crippen LogP contribution in [-0.2, 0) is 0 Å². The lowest BCUT2D eigenvalue weighted by atomic mass is 10.5. The van der Waals surface area contributed by atoms with E-state index < -0.39 is 0 Å². The van der Waals surface area contributed by atoms with Crippen molar-refractivity contribution in [3.63, 3.8) is 0 Å². The number of rotatable bonds is 2. The average molecular weight is 304 g/mol. The van der Waals surface area contributed by atoms with Gasteiger partial charge in [0.05, 0.1) is 6.21 Å². The van der Waals surface area contributed by atoms with Crippen LogP contribution in [0.4, 0.5) is 0 Å². The van der Waals surface area contributed by atoms with Crippen LogP contribution in [0.15, 0.2) is 21.3 Å². The van der Waals surface area contributed by atoms with E-state index in [-0.39, 0.29) is 5.11 Å². The predicted molar refractivity (Wildman–Crippen MR) is 68.3 cm³/mol. The van der Waals surface area contributed by atoms with Crippen molar-refractivity contribution in [1.82, 2.24) is 14.8 Å². The Kier molecular flexibility index (Phi) is 2.98. The average Bonchev–Trinajstić information content (AvgIpc) is 2.68. The molecule has 78 valence electrons. The third-order valence-electron chi connectivity index (χ3n) is 1.62. The molecule has 0 aliphatic rings. The van der Waals surface area contributed by atoms with Crippen LogP contribution in [0.1, 0.15) is 5.69 Å². The lowest BCUT2D eigenvalue weighted by Gasteiger charge is -1.94. The van der Waals surface area contributed by atoms with Crippen LogP contribution in [0.25, 0.3) is 4.96 Å². The fourth-order valence-corrected chi connectivity index (χ4v) is 2.40. The molecule has 0 fully saturated rings. The molecule has 2 rings (SSSR count). The summed E-state index contributed by atoms with van der Waals surface area (Å²) in [5, 5.41) is 5.96. The minimum absolute atomic E-state index is 0.133. The highest BCUT2D eigenvalue weighted by atomic mass is 79.9. The molecule has 2 aromatic rings. The van der Waals surface area contributed by atoms with Gasteiger partial charge in [-0.25, -0.2) is 4.98 Å². The lowest BCUT2D eigenvalue weighted by Crippen LogP contribution is -2.24. The van der Waals surface area contributed by atoms with Gasteiger partial charge in [-0.2, -0.15) is 5.10 Å². The first-order valence-corrected chi connectivity index (χ1v) is 5.96. The Morgan fingerprint density at radius 2 is 2.60 bits per heavy atom. The monoisotopic (exact) mass is 303 g/mol. The molecule has 0 amide bonds. The number of hydrazone groups is 1. The Labute approximate surface area is 103 Å². The molecule has 2 aromatic heterocycles. The number of halogens is 1. The number of nitrogens with zero attached hydrogens (tertiary/aromatic N) is 3. The van der Waals surface area contributed by atoms with Crippen molar-refractivity contribution < 1.29 is 0 Å². The molecule has 8 heteroatoms. The SMILES string of the molecule is NC(=S)N/N=C/c1c(Br)nc2sccn12. The van der Waals surface area contributed by atoms with Crippen LogP contribution in [0.2, 0.25) is 0 Å². The summed E-state index contributed by atoms with van der Waals surface area (Å²) in [6.07, 6.45) is 3.52. The molecule has 0 bridgehead atoms. The Morgan fingerprint density at radius 3 is 3.33 bits per heavy atom. The summed E-state index contributed by atoms with van der Waals surface area (Å²) in [6, 6.07) is 0. The maximum Gasteiger partial charge on any atom is 0.195 e. The third-order valence-corrected chi connectivity index (χ3v) is 3.05. The molecule has 0 spiro atoms. The second-order valence-electron chi connectivity index (χ2n) is 2.58. The normalized spacial score (nSPS) is 11.3. The number of nitrogens with one attached hydrogen (secondary N) is 1. The molecule has 5 nitrogen and oxygen atoms in total. The van der Waals surface area contributed by atoms with E-state index in [1.807, 2.05) is 16.0 Å². The van der Waals surface area contributed by atoms with Crippen molar-refractivity contribution in [2.45, 2.75) is 0 Å². The van der Waals surface area contributed by atoms with E-state index in [2.05, 4.69) is 43.7 Å². The fourth-order valence-electron chi connectivity index (χ4n) is 1.05. The highest BCUT2D eigenvalue weighted by molar-refractivity contribution is 9.10. The first-order chi connectivity index (χ1) is 7.18. The molecule has 3 N–H and O–H groups in total. The van der Waals surface area contributed by atoms with Crippen LogP contribution in [0.3, 0.4) is 0 Å². The topological polar surface area (TPSA) is 67.7 Å². The van der Waals surface area contributed by atoms with Crippen LogP contribution in [0, 0.1) is 0 Å². The third kappa shape index (κ3) is 2.16. The van der Waals surface area contributed by atoms with Gasteiger partial charge in [0.2, 0.25) is 0 Å². The van der Waals surface area contributed by atoms with Crippen molar-refractivity contribution in [3.8, 4) is 0 Å². The molecule has 0 atom stereocenters. The number of imidazole rings is 1. The summed E-state index contributed by atoms with van der Waals surface area (Å²) in [6.45, 7) is 0. The molecule has 15 heavy (non-hydrogen) atoms. The summed E-state index contributed by atoms with van der Waals surface area (Å²) in [5.41, 5.74) is 8.57. The zero-order valence-electron chi connectivity index (χ0n) is 7.35. The van der Waals surface area contributed by atoms with E-state index in [1.54, 1.807) is 17.6 Å². The van der Waals surface area contributed by atoms with Crippen LogP contribution in [-0.4, -0.2) is 20.7 Å². The van der Waals surface area contributed by atoms with Gasteiger partial charge in [0.15, 0.2) is 10.1 Å². The van der Waals surface area contributed by atoms with E-state index in [1.165, 1.54) is 0 Å². The maximum absolute atomic E-state index is 5.24. The predicted octanol–water partition coefficient (Wildman–Crippen LogP) is 1.33. The second kappa shape index (κ2) is 4.25. The molecule has 2 heterocycles. The molecule has 0 saturated heterocycles. The lowest BCUT2D eigenvalue weighted by molar-refractivity contribution is 1.04. The second-order valence-corrected chi connectivity index (χ2v) is 4.64. The van der Waals surface area contributed by atoms with Gasteiger partial charge in [-0.1, -0.05) is 0 Å². The molecule has 0 aromatic carbocycles. The smallest absolute Gasteiger partial charge is 0.195 e. The van der Waals surface area contributed by atoms with Gasteiger partial charge in [0, 0.05) is 11.6 Å². The Balaban J connectivity index is 2.33. The maximum atomic E-state index is 5.24. The molecular formula is C7H6BrN5S2. The van der Waals surface area contributed by atoms with Crippen molar-refractivity contribution in [1.29, 1.82) is 0 Å². The van der Waals surface area contributed by atoms with Crippen molar-refractivity contribution in [2.75, 3.05) is 0 Å². The number of hydrogen-bond acceptors (Lipinski definition) is 4. The van der Waals surface area contributed by atoms with Gasteiger partial charge in [-0.15, -0.1) is 11.3 Å². The Morgan fingerprint density at radius 1 is 1.80 bits per heavy atom. The van der Waals surface area contributed by atoms with Crippen LogP contribution in [0.5, 0.6) is 0 Å². The number of fused-ring (bicyclic) bond motifs is 1. The van der Waals surface area contributed by atoms with E-state index in [9.17, 15) is 0 Å². The number of hydrogen-bond donors (Lipinski definition) is 2. The van der Waals surface area contributed by atoms with Gasteiger partial charge >= 0.3 is 0 Å². The van der Waals surface area contributed by atoms with Crippen molar-refractivity contribution in [2.24, 2.45) is 10.8 Å². The highest BCUT2D eigenvalue weighted by Crippen LogP contribution is 2.19. The molecule has 0 radical (unpaired) electrons. The summed E-state index contributed by atoms with van der Waals surface area (Å²) < 4.78 is 2.65. The van der Waals surface area contributed by atoms with E-state index in [0.717, 1.165) is 15.3 Å². The first-order valence-electron chi connectivity index (χ1n) is 3.88. The number of thiazole rings is 1. The number of aromatic nitrogens is 2. The van der Waals surface area contributed by atoms with Crippen molar-refractivity contribution in [3.05, 3.63) is 21.9 Å². The minimum Gasteiger partial charge on any atom is -0.375 e. The summed E-state index contributed by atoms with van der Waals surface area (Å²) in [7, 11) is 0. The molecule has 0 aliphatic carbocycles. The van der Waals surface area contributed by atoms with Gasteiger partial charge in [0.25, 0.3) is 0 Å². The van der Waals surface area contributed by atoms with Crippen LogP contribution < -0.4 is 11.2 Å². The van der Waals surface area contributed by atoms with E-state index in [0.29, 0.717) is 0 Å². The molecule has 0 saturated carbocycles. The van der Waals surface area contributed by atoms with E-state index in [4.69, 9.17) is 5.73 Å². The summed E-state index contributed by atoms with van der Waals surface area (Å²) in [4.78, 5) is 5.19. The summed E-state index contributed by atoms with van der Waals surface area (Å²) >= 11 is 9.52. The minimum atomic E-state index is 0.133. The molecular weight excluding hydrogens is 298 g/mol. The van der Waals surface area contributed by atoms with Gasteiger partial charge in [-0.3, -0.25) is 9.83 Å². The Hall–Kier alpha value is -0.990. The van der Waals surface area contributed by atoms with Gasteiger partial charge in [-0.05, 0) is 28.1 Å². The number of thiocarbonyl (C=S) groups is 1. The zero-order valence-corrected chi connectivity index (χ0v) is 10.6. The van der Waals surface area contributed by atoms with Crippen LogP contribution >= 0.6 is 39.5 Å². The van der Waals surface area contributed by atoms with Crippen molar-refractivity contribution >= 4 is 55.8 Å². The largest absolute Gasteiger partial charge is 0.375 e. The molecule has 0 unspecified atom stereocenters.